The smallest absolute Gasteiger partial charge is 0.323 e. The Morgan fingerprint density at radius 1 is 1.10 bits per heavy atom. The number of ether oxygens (including phenoxy) is 2. The number of H-pyrrole nitrogens is 2. The fraction of sp³-hybridized carbons (Fsp3) is 0.136. The largest absolute Gasteiger partial charge is 0.493 e. The molecule has 160 valence electrons. The number of benzene rings is 3. The number of fused-ring (bicyclic) bond motifs is 1. The number of hydrogen-bond donors (Lipinski definition) is 3. The van der Waals surface area contributed by atoms with E-state index in [1.54, 1.807) is 25.3 Å². The summed E-state index contributed by atoms with van der Waals surface area (Å²) in [4.78, 5) is 16.9. The maximum atomic E-state index is 14.0. The minimum absolute atomic E-state index is 0.0270. The van der Waals surface area contributed by atoms with Crippen LogP contribution >= 0.6 is 27.5 Å². The monoisotopic (exact) mass is 505 g/mol. The highest BCUT2D eigenvalue weighted by Gasteiger charge is 2.13. The molecule has 3 N–H and O–H groups in total. The van der Waals surface area contributed by atoms with Crippen molar-refractivity contribution in [2.24, 2.45) is 0 Å². The molecule has 9 heteroatoms. The topological polar surface area (TPSA) is 79.1 Å². The van der Waals surface area contributed by atoms with Crippen LogP contribution in [-0.2, 0) is 13.2 Å². The maximum absolute atomic E-state index is 14.0. The zero-order valence-electron chi connectivity index (χ0n) is 16.4. The van der Waals surface area contributed by atoms with Gasteiger partial charge in [-0.1, -0.05) is 33.6 Å². The number of methoxy groups -OCH3 is 1. The molecule has 1 heterocycles. The standard InChI is InChI=1S/C22H18BrClFN3O3/c1-30-20-7-12(10-26-13-5-6-18-19(8-13)28-22(29)27-18)15(23)9-21(20)31-11-14-16(24)3-2-4-17(14)25/h2-9,26H,10-11H2,1H3,(H2,27,28,29). The summed E-state index contributed by atoms with van der Waals surface area (Å²) >= 11 is 9.63. The van der Waals surface area contributed by atoms with Gasteiger partial charge in [-0.25, -0.2) is 9.18 Å². The molecule has 0 saturated carbocycles. The molecule has 0 bridgehead atoms. The van der Waals surface area contributed by atoms with Crippen molar-refractivity contribution in [1.82, 2.24) is 9.97 Å². The summed E-state index contributed by atoms with van der Waals surface area (Å²) in [6.45, 7) is 0.470. The molecule has 3 aromatic carbocycles. The van der Waals surface area contributed by atoms with Crippen LogP contribution in [-0.4, -0.2) is 17.1 Å². The zero-order valence-corrected chi connectivity index (χ0v) is 18.7. The average molecular weight is 507 g/mol. The predicted octanol–water partition coefficient (Wildman–Crippen LogP) is 5.61. The molecule has 31 heavy (non-hydrogen) atoms. The molecular formula is C22H18BrClFN3O3. The number of nitrogens with one attached hydrogen (secondary N) is 3. The minimum Gasteiger partial charge on any atom is -0.493 e. The lowest BCUT2D eigenvalue weighted by atomic mass is 10.2. The van der Waals surface area contributed by atoms with Crippen molar-refractivity contribution >= 4 is 44.3 Å². The third-order valence-electron chi connectivity index (χ3n) is 4.77. The lowest BCUT2D eigenvalue weighted by molar-refractivity contribution is 0.279. The maximum Gasteiger partial charge on any atom is 0.323 e. The molecule has 0 saturated heterocycles. The van der Waals surface area contributed by atoms with Crippen LogP contribution in [0.4, 0.5) is 10.1 Å². The second-order valence-corrected chi connectivity index (χ2v) is 8.04. The fourth-order valence-electron chi connectivity index (χ4n) is 3.14. The highest BCUT2D eigenvalue weighted by molar-refractivity contribution is 9.10. The molecule has 0 aliphatic carbocycles. The molecule has 6 nitrogen and oxygen atoms in total. The van der Waals surface area contributed by atoms with E-state index in [1.165, 1.54) is 6.07 Å². The van der Waals surface area contributed by atoms with Crippen molar-refractivity contribution in [3.05, 3.63) is 85.5 Å². The van der Waals surface area contributed by atoms with Crippen LogP contribution < -0.4 is 20.5 Å². The van der Waals surface area contributed by atoms with Crippen LogP contribution in [0, 0.1) is 5.82 Å². The Balaban J connectivity index is 1.50. The van der Waals surface area contributed by atoms with Crippen molar-refractivity contribution in [2.45, 2.75) is 13.2 Å². The molecule has 0 spiro atoms. The van der Waals surface area contributed by atoms with Crippen molar-refractivity contribution in [3.63, 3.8) is 0 Å². The molecule has 0 fully saturated rings. The van der Waals surface area contributed by atoms with Crippen LogP contribution in [0.3, 0.4) is 0 Å². The van der Waals surface area contributed by atoms with Crippen molar-refractivity contribution in [1.29, 1.82) is 0 Å². The Bertz CT molecular complexity index is 1280. The van der Waals surface area contributed by atoms with Crippen molar-refractivity contribution in [2.75, 3.05) is 12.4 Å². The van der Waals surface area contributed by atoms with Gasteiger partial charge >= 0.3 is 5.69 Å². The van der Waals surface area contributed by atoms with E-state index >= 15 is 0 Å². The molecule has 0 atom stereocenters. The van der Waals surface area contributed by atoms with Gasteiger partial charge in [0, 0.05) is 22.3 Å². The Labute approximate surface area is 190 Å². The molecule has 0 radical (unpaired) electrons. The summed E-state index contributed by atoms with van der Waals surface area (Å²) in [5, 5.41) is 3.62. The summed E-state index contributed by atoms with van der Waals surface area (Å²) in [6.07, 6.45) is 0. The zero-order chi connectivity index (χ0) is 22.0. The van der Waals surface area contributed by atoms with Gasteiger partial charge in [0.2, 0.25) is 0 Å². The van der Waals surface area contributed by atoms with E-state index in [0.29, 0.717) is 23.1 Å². The molecular weight excluding hydrogens is 489 g/mol. The lowest BCUT2D eigenvalue weighted by Gasteiger charge is -2.15. The van der Waals surface area contributed by atoms with Crippen molar-refractivity contribution in [3.8, 4) is 11.5 Å². The highest BCUT2D eigenvalue weighted by Crippen LogP contribution is 2.35. The fourth-order valence-corrected chi connectivity index (χ4v) is 3.83. The summed E-state index contributed by atoms with van der Waals surface area (Å²) in [6, 6.07) is 13.7. The first kappa shape index (κ1) is 21.3. The van der Waals surface area contributed by atoms with Gasteiger partial charge in [-0.2, -0.15) is 0 Å². The van der Waals surface area contributed by atoms with Crippen LogP contribution in [0.1, 0.15) is 11.1 Å². The number of halogens is 3. The number of rotatable bonds is 7. The van der Waals surface area contributed by atoms with Gasteiger partial charge in [0.05, 0.1) is 23.2 Å². The first-order valence-electron chi connectivity index (χ1n) is 9.32. The SMILES string of the molecule is COc1cc(CNc2ccc3[nH]c(=O)[nH]c3c2)c(Br)cc1OCc1c(F)cccc1Cl. The third-order valence-corrected chi connectivity index (χ3v) is 5.86. The summed E-state index contributed by atoms with van der Waals surface area (Å²) in [5.41, 5.74) is 3.29. The summed E-state index contributed by atoms with van der Waals surface area (Å²) < 4.78 is 26.0. The van der Waals surface area contributed by atoms with Crippen LogP contribution in [0.15, 0.2) is 57.8 Å². The number of aromatic nitrogens is 2. The molecule has 0 amide bonds. The van der Waals surface area contributed by atoms with E-state index in [4.69, 9.17) is 21.1 Å². The summed E-state index contributed by atoms with van der Waals surface area (Å²) in [5.74, 6) is 0.550. The Kier molecular flexibility index (Phi) is 6.20. The average Bonchev–Trinajstić information content (AvgIpc) is 3.12. The molecule has 1 aromatic heterocycles. The Morgan fingerprint density at radius 3 is 2.68 bits per heavy atom. The van der Waals surface area contributed by atoms with Gasteiger partial charge in [-0.3, -0.25) is 0 Å². The van der Waals surface area contributed by atoms with Crippen molar-refractivity contribution < 1.29 is 13.9 Å². The second-order valence-electron chi connectivity index (χ2n) is 6.78. The lowest BCUT2D eigenvalue weighted by Crippen LogP contribution is -2.04. The Hall–Kier alpha value is -2.97. The molecule has 4 rings (SSSR count). The number of anilines is 1. The molecule has 0 aliphatic rings. The van der Waals surface area contributed by atoms with Gasteiger partial charge < -0.3 is 24.8 Å². The minimum atomic E-state index is -0.424. The predicted molar refractivity (Wildman–Crippen MR) is 123 cm³/mol. The molecule has 0 unspecified atom stereocenters. The van der Waals surface area contributed by atoms with Gasteiger partial charge in [0.1, 0.15) is 12.4 Å². The summed E-state index contributed by atoms with van der Waals surface area (Å²) in [7, 11) is 1.54. The number of hydrogen-bond acceptors (Lipinski definition) is 4. The second kappa shape index (κ2) is 9.03. The van der Waals surface area contributed by atoms with Crippen LogP contribution in [0.25, 0.3) is 11.0 Å². The first-order valence-corrected chi connectivity index (χ1v) is 10.5. The number of aromatic amines is 2. The van der Waals surface area contributed by atoms with Gasteiger partial charge in [0.25, 0.3) is 0 Å². The van der Waals surface area contributed by atoms with Gasteiger partial charge in [-0.05, 0) is 48.0 Å². The van der Waals surface area contributed by atoms with E-state index in [2.05, 4.69) is 31.2 Å². The van der Waals surface area contributed by atoms with Gasteiger partial charge in [0.15, 0.2) is 11.5 Å². The number of imidazole rings is 1. The van der Waals surface area contributed by atoms with E-state index in [-0.39, 0.29) is 17.9 Å². The quantitative estimate of drug-likeness (QED) is 0.304. The molecule has 0 aliphatic heterocycles. The van der Waals surface area contributed by atoms with E-state index in [0.717, 1.165) is 26.8 Å². The van der Waals surface area contributed by atoms with Crippen LogP contribution in [0.5, 0.6) is 11.5 Å². The normalized spacial score (nSPS) is 11.0. The van der Waals surface area contributed by atoms with E-state index in [1.807, 2.05) is 24.3 Å². The third kappa shape index (κ3) is 4.70. The van der Waals surface area contributed by atoms with E-state index < -0.39 is 5.82 Å². The Morgan fingerprint density at radius 2 is 1.90 bits per heavy atom. The van der Waals surface area contributed by atoms with Crippen LogP contribution in [0.2, 0.25) is 5.02 Å². The van der Waals surface area contributed by atoms with Gasteiger partial charge in [-0.15, -0.1) is 0 Å². The van der Waals surface area contributed by atoms with E-state index in [9.17, 15) is 9.18 Å². The highest BCUT2D eigenvalue weighted by atomic mass is 79.9. The molecule has 4 aromatic rings. The first-order chi connectivity index (χ1) is 14.9.